The predicted octanol–water partition coefficient (Wildman–Crippen LogP) is 2.26. The molecular formula is C13H14FNO. The van der Waals surface area contributed by atoms with E-state index in [0.717, 1.165) is 41.4 Å². The number of nitrogens with zero attached hydrogens (tertiary/aromatic N) is 1. The molecule has 16 heavy (non-hydrogen) atoms. The van der Waals surface area contributed by atoms with E-state index in [9.17, 15) is 4.39 Å². The lowest BCUT2D eigenvalue weighted by Gasteiger charge is -2.15. The van der Waals surface area contributed by atoms with Crippen molar-refractivity contribution in [3.8, 4) is 0 Å². The number of rotatable bonds is 2. The molecule has 0 bridgehead atoms. The van der Waals surface area contributed by atoms with Crippen LogP contribution in [0.3, 0.4) is 0 Å². The molecule has 0 spiro atoms. The Bertz CT molecular complexity index is 544. The second-order valence-corrected chi connectivity index (χ2v) is 4.35. The molecule has 1 aliphatic heterocycles. The van der Waals surface area contributed by atoms with Crippen LogP contribution in [0.25, 0.3) is 10.9 Å². The average Bonchev–Trinajstić information content (AvgIpc) is 2.64. The maximum Gasteiger partial charge on any atom is 0.128 e. The molecule has 3 heteroatoms. The van der Waals surface area contributed by atoms with Gasteiger partial charge in [-0.15, -0.1) is 0 Å². The molecular weight excluding hydrogens is 205 g/mol. The van der Waals surface area contributed by atoms with Gasteiger partial charge in [0.1, 0.15) is 5.82 Å². The Morgan fingerprint density at radius 3 is 3.06 bits per heavy atom. The molecule has 2 aromatic rings. The summed E-state index contributed by atoms with van der Waals surface area (Å²) in [4.78, 5) is 0. The van der Waals surface area contributed by atoms with Crippen LogP contribution in [0.2, 0.25) is 0 Å². The van der Waals surface area contributed by atoms with Crippen LogP contribution in [-0.4, -0.2) is 16.3 Å². The van der Waals surface area contributed by atoms with E-state index in [1.807, 2.05) is 6.07 Å². The number of aromatic nitrogens is 1. The standard InChI is InChI=1S/C13H14FNO/c14-12-4-3-10-9(5-7-16)8-15-6-1-2-11(12)13(10)15/h3-4,8,16H,1-2,5-7H2. The Hall–Kier alpha value is -1.35. The van der Waals surface area contributed by atoms with E-state index < -0.39 is 0 Å². The van der Waals surface area contributed by atoms with Crippen LogP contribution in [0.4, 0.5) is 4.39 Å². The van der Waals surface area contributed by atoms with Crippen molar-refractivity contribution in [2.75, 3.05) is 6.61 Å². The van der Waals surface area contributed by atoms with Crippen LogP contribution in [0.15, 0.2) is 18.3 Å². The number of aliphatic hydroxyl groups excluding tert-OH is 1. The van der Waals surface area contributed by atoms with Crippen molar-refractivity contribution in [1.82, 2.24) is 4.57 Å². The zero-order valence-corrected chi connectivity index (χ0v) is 9.04. The highest BCUT2D eigenvalue weighted by molar-refractivity contribution is 5.87. The van der Waals surface area contributed by atoms with Gasteiger partial charge in [-0.05, 0) is 37.0 Å². The average molecular weight is 219 g/mol. The van der Waals surface area contributed by atoms with Crippen molar-refractivity contribution in [1.29, 1.82) is 0 Å². The Balaban J connectivity index is 2.32. The Morgan fingerprint density at radius 1 is 1.38 bits per heavy atom. The lowest BCUT2D eigenvalue weighted by Crippen LogP contribution is -2.07. The number of halogens is 1. The van der Waals surface area contributed by atoms with Gasteiger partial charge in [-0.1, -0.05) is 0 Å². The lowest BCUT2D eigenvalue weighted by molar-refractivity contribution is 0.300. The van der Waals surface area contributed by atoms with Gasteiger partial charge in [0.15, 0.2) is 0 Å². The van der Waals surface area contributed by atoms with Crippen molar-refractivity contribution in [3.63, 3.8) is 0 Å². The van der Waals surface area contributed by atoms with Crippen molar-refractivity contribution < 1.29 is 9.50 Å². The third kappa shape index (κ3) is 1.28. The molecule has 1 aromatic carbocycles. The predicted molar refractivity (Wildman–Crippen MR) is 61.0 cm³/mol. The fourth-order valence-electron chi connectivity index (χ4n) is 2.68. The van der Waals surface area contributed by atoms with E-state index in [-0.39, 0.29) is 12.4 Å². The van der Waals surface area contributed by atoms with Gasteiger partial charge in [0, 0.05) is 30.3 Å². The van der Waals surface area contributed by atoms with E-state index in [0.29, 0.717) is 6.42 Å². The molecule has 1 N–H and O–H groups in total. The van der Waals surface area contributed by atoms with Gasteiger partial charge < -0.3 is 9.67 Å². The molecule has 0 saturated carbocycles. The molecule has 84 valence electrons. The summed E-state index contributed by atoms with van der Waals surface area (Å²) in [6.07, 6.45) is 4.53. The van der Waals surface area contributed by atoms with Gasteiger partial charge in [-0.2, -0.15) is 0 Å². The van der Waals surface area contributed by atoms with Crippen molar-refractivity contribution >= 4 is 10.9 Å². The quantitative estimate of drug-likeness (QED) is 0.823. The summed E-state index contributed by atoms with van der Waals surface area (Å²) < 4.78 is 15.8. The van der Waals surface area contributed by atoms with Gasteiger partial charge in [-0.25, -0.2) is 4.39 Å². The first kappa shape index (κ1) is 9.85. The van der Waals surface area contributed by atoms with E-state index in [1.54, 1.807) is 6.07 Å². The lowest BCUT2D eigenvalue weighted by atomic mass is 10.0. The third-order valence-electron chi connectivity index (χ3n) is 3.38. The number of benzene rings is 1. The van der Waals surface area contributed by atoms with Crippen LogP contribution in [0, 0.1) is 5.82 Å². The van der Waals surface area contributed by atoms with E-state index in [4.69, 9.17) is 5.11 Å². The first-order valence-electron chi connectivity index (χ1n) is 5.71. The largest absolute Gasteiger partial charge is 0.396 e. The molecule has 0 amide bonds. The number of hydrogen-bond donors (Lipinski definition) is 1. The highest BCUT2D eigenvalue weighted by atomic mass is 19.1. The molecule has 3 rings (SSSR count). The van der Waals surface area contributed by atoms with Gasteiger partial charge in [0.25, 0.3) is 0 Å². The number of aliphatic hydroxyl groups is 1. The summed E-state index contributed by atoms with van der Waals surface area (Å²) in [6.45, 7) is 1.10. The number of aryl methyl sites for hydroxylation is 2. The monoisotopic (exact) mass is 219 g/mol. The first-order chi connectivity index (χ1) is 7.81. The highest BCUT2D eigenvalue weighted by Crippen LogP contribution is 2.31. The van der Waals surface area contributed by atoms with Gasteiger partial charge in [-0.3, -0.25) is 0 Å². The summed E-state index contributed by atoms with van der Waals surface area (Å²) in [5.41, 5.74) is 3.00. The maximum absolute atomic E-state index is 13.7. The first-order valence-corrected chi connectivity index (χ1v) is 5.71. The molecule has 1 aliphatic rings. The smallest absolute Gasteiger partial charge is 0.128 e. The SMILES string of the molecule is OCCc1cn2c3c(c(F)ccc13)CCC2. The van der Waals surface area contributed by atoms with Gasteiger partial charge in [0.2, 0.25) is 0 Å². The minimum Gasteiger partial charge on any atom is -0.396 e. The van der Waals surface area contributed by atoms with Crippen LogP contribution in [-0.2, 0) is 19.4 Å². The summed E-state index contributed by atoms with van der Waals surface area (Å²) in [7, 11) is 0. The Kier molecular flexibility index (Phi) is 2.21. The van der Waals surface area contributed by atoms with E-state index in [1.165, 1.54) is 0 Å². The second kappa shape index (κ2) is 3.59. The van der Waals surface area contributed by atoms with E-state index in [2.05, 4.69) is 10.8 Å². The minimum absolute atomic E-state index is 0.0953. The zero-order chi connectivity index (χ0) is 11.1. The zero-order valence-electron chi connectivity index (χ0n) is 9.04. The highest BCUT2D eigenvalue weighted by Gasteiger charge is 2.18. The van der Waals surface area contributed by atoms with E-state index >= 15 is 0 Å². The molecule has 0 saturated heterocycles. The van der Waals surface area contributed by atoms with Crippen LogP contribution < -0.4 is 0 Å². The molecule has 0 fully saturated rings. The van der Waals surface area contributed by atoms with Crippen molar-refractivity contribution in [2.24, 2.45) is 0 Å². The fourth-order valence-corrected chi connectivity index (χ4v) is 2.68. The maximum atomic E-state index is 13.7. The molecule has 0 radical (unpaired) electrons. The van der Waals surface area contributed by atoms with Crippen molar-refractivity contribution in [2.45, 2.75) is 25.8 Å². The molecule has 2 nitrogen and oxygen atoms in total. The van der Waals surface area contributed by atoms with Crippen molar-refractivity contribution in [3.05, 3.63) is 35.3 Å². The summed E-state index contributed by atoms with van der Waals surface area (Å²) >= 11 is 0. The Labute approximate surface area is 93.3 Å². The third-order valence-corrected chi connectivity index (χ3v) is 3.38. The normalized spacial score (nSPS) is 14.6. The molecule has 2 heterocycles. The molecule has 0 atom stereocenters. The topological polar surface area (TPSA) is 25.2 Å². The summed E-state index contributed by atoms with van der Waals surface area (Å²) in [6, 6.07) is 3.38. The molecule has 0 aliphatic carbocycles. The summed E-state index contributed by atoms with van der Waals surface area (Å²) in [5.74, 6) is -0.0953. The molecule has 1 aromatic heterocycles. The molecule has 0 unspecified atom stereocenters. The summed E-state index contributed by atoms with van der Waals surface area (Å²) in [5, 5.41) is 10.1. The second-order valence-electron chi connectivity index (χ2n) is 4.35. The van der Waals surface area contributed by atoms with Gasteiger partial charge in [0.05, 0.1) is 5.52 Å². The number of hydrogen-bond acceptors (Lipinski definition) is 1. The van der Waals surface area contributed by atoms with Crippen LogP contribution >= 0.6 is 0 Å². The fraction of sp³-hybridized carbons (Fsp3) is 0.385. The van der Waals surface area contributed by atoms with Crippen LogP contribution in [0.5, 0.6) is 0 Å². The minimum atomic E-state index is -0.0953. The van der Waals surface area contributed by atoms with Crippen LogP contribution in [0.1, 0.15) is 17.5 Å². The van der Waals surface area contributed by atoms with Gasteiger partial charge >= 0.3 is 0 Å². The Morgan fingerprint density at radius 2 is 2.25 bits per heavy atom.